The van der Waals surface area contributed by atoms with Gasteiger partial charge in [-0.05, 0) is 49.6 Å². The molecule has 1 aliphatic rings. The number of nitrogens with one attached hydrogen (secondary N) is 1. The van der Waals surface area contributed by atoms with Crippen LogP contribution in [0.4, 0.5) is 4.79 Å². The van der Waals surface area contributed by atoms with Crippen LogP contribution in [-0.4, -0.2) is 41.2 Å². The third kappa shape index (κ3) is 4.12. The molecule has 0 bridgehead atoms. The summed E-state index contributed by atoms with van der Waals surface area (Å²) in [5, 5.41) is 3.24. The van der Waals surface area contributed by atoms with Crippen molar-refractivity contribution >= 4 is 29.4 Å². The summed E-state index contributed by atoms with van der Waals surface area (Å²) in [6, 6.07) is 12.2. The Kier molecular flexibility index (Phi) is 5.66. The summed E-state index contributed by atoms with van der Waals surface area (Å²) in [5.41, 5.74) is 2.65. The maximum absolute atomic E-state index is 13.0. The fourth-order valence-electron chi connectivity index (χ4n) is 3.44. The average Bonchev–Trinajstić information content (AvgIpc) is 2.88. The Morgan fingerprint density at radius 3 is 2.41 bits per heavy atom. The molecule has 1 atom stereocenters. The number of carbonyl (C=O) groups is 3. The van der Waals surface area contributed by atoms with E-state index in [1.807, 2.05) is 26.0 Å². The van der Waals surface area contributed by atoms with Gasteiger partial charge in [-0.2, -0.15) is 0 Å². The minimum Gasteiger partial charge on any atom is -0.340 e. The van der Waals surface area contributed by atoms with Crippen molar-refractivity contribution in [2.45, 2.75) is 32.9 Å². The van der Waals surface area contributed by atoms with Gasteiger partial charge in [0, 0.05) is 18.6 Å². The van der Waals surface area contributed by atoms with Gasteiger partial charge in [-0.15, -0.1) is 0 Å². The van der Waals surface area contributed by atoms with E-state index in [2.05, 4.69) is 11.4 Å². The molecule has 2 aromatic rings. The molecule has 1 N–H and O–H groups in total. The molecule has 1 saturated heterocycles. The highest BCUT2D eigenvalue weighted by molar-refractivity contribution is 6.30. The van der Waals surface area contributed by atoms with E-state index in [-0.39, 0.29) is 12.5 Å². The average molecular weight is 414 g/mol. The van der Waals surface area contributed by atoms with Gasteiger partial charge < -0.3 is 10.2 Å². The third-order valence-corrected chi connectivity index (χ3v) is 5.57. The van der Waals surface area contributed by atoms with Crippen molar-refractivity contribution in [3.63, 3.8) is 0 Å². The monoisotopic (exact) mass is 413 g/mol. The second kappa shape index (κ2) is 7.87. The summed E-state index contributed by atoms with van der Waals surface area (Å²) in [6.07, 6.45) is 0. The zero-order chi connectivity index (χ0) is 21.3. The largest absolute Gasteiger partial charge is 0.340 e. The molecule has 0 unspecified atom stereocenters. The SMILES string of the molecule is Cc1ccc(CN(C)C(=O)CN2C(=O)N[C@](C)(c3ccc(Cl)cc3)C2=O)c(C)c1. The second-order valence-corrected chi connectivity index (χ2v) is 8.07. The van der Waals surface area contributed by atoms with Gasteiger partial charge in [-0.3, -0.25) is 14.5 Å². The summed E-state index contributed by atoms with van der Waals surface area (Å²) >= 11 is 5.91. The zero-order valence-corrected chi connectivity index (χ0v) is 17.7. The minimum atomic E-state index is -1.23. The lowest BCUT2D eigenvalue weighted by Gasteiger charge is -2.23. The fourth-order valence-corrected chi connectivity index (χ4v) is 3.57. The number of benzene rings is 2. The Hall–Kier alpha value is -2.86. The maximum Gasteiger partial charge on any atom is 0.325 e. The summed E-state index contributed by atoms with van der Waals surface area (Å²) in [7, 11) is 1.67. The minimum absolute atomic E-state index is 0.310. The lowest BCUT2D eigenvalue weighted by molar-refractivity contribution is -0.138. The highest BCUT2D eigenvalue weighted by atomic mass is 35.5. The van der Waals surface area contributed by atoms with Gasteiger partial charge in [-0.1, -0.05) is 47.5 Å². The van der Waals surface area contributed by atoms with Gasteiger partial charge in [0.25, 0.3) is 5.91 Å². The number of imide groups is 1. The van der Waals surface area contributed by atoms with Gasteiger partial charge in [0.15, 0.2) is 0 Å². The number of hydrogen-bond acceptors (Lipinski definition) is 3. The van der Waals surface area contributed by atoms with Crippen molar-refractivity contribution in [2.24, 2.45) is 0 Å². The van der Waals surface area contributed by atoms with Gasteiger partial charge >= 0.3 is 6.03 Å². The van der Waals surface area contributed by atoms with Crippen LogP contribution in [0.25, 0.3) is 0 Å². The second-order valence-electron chi connectivity index (χ2n) is 7.63. The molecule has 6 nitrogen and oxygen atoms in total. The normalized spacial score (nSPS) is 18.7. The van der Waals surface area contributed by atoms with Crippen LogP contribution in [0.15, 0.2) is 42.5 Å². The van der Waals surface area contributed by atoms with Crippen LogP contribution in [0.3, 0.4) is 0 Å². The number of amides is 4. The Balaban J connectivity index is 1.72. The van der Waals surface area contributed by atoms with Crippen LogP contribution >= 0.6 is 11.6 Å². The molecule has 0 radical (unpaired) electrons. The van der Waals surface area contributed by atoms with Crippen molar-refractivity contribution in [3.8, 4) is 0 Å². The first-order chi connectivity index (χ1) is 13.6. The highest BCUT2D eigenvalue weighted by Gasteiger charge is 2.49. The lowest BCUT2D eigenvalue weighted by Crippen LogP contribution is -2.43. The molecule has 1 aliphatic heterocycles. The Bertz CT molecular complexity index is 974. The first kappa shape index (κ1) is 20.9. The predicted molar refractivity (Wildman–Crippen MR) is 111 cm³/mol. The van der Waals surface area contributed by atoms with E-state index in [0.717, 1.165) is 21.6 Å². The van der Waals surface area contributed by atoms with Crippen LogP contribution < -0.4 is 5.32 Å². The van der Waals surface area contributed by atoms with E-state index >= 15 is 0 Å². The van der Waals surface area contributed by atoms with Crippen molar-refractivity contribution in [1.82, 2.24) is 15.1 Å². The summed E-state index contributed by atoms with van der Waals surface area (Å²) in [5.74, 6) is -0.771. The van der Waals surface area contributed by atoms with Crippen LogP contribution in [0.5, 0.6) is 0 Å². The zero-order valence-electron chi connectivity index (χ0n) is 17.0. The van der Waals surface area contributed by atoms with Crippen LogP contribution in [0.2, 0.25) is 5.02 Å². The predicted octanol–water partition coefficient (Wildman–Crippen LogP) is 3.38. The number of urea groups is 1. The Morgan fingerprint density at radius 1 is 1.14 bits per heavy atom. The summed E-state index contributed by atoms with van der Waals surface area (Å²) in [6.45, 7) is 5.73. The molecule has 0 aromatic heterocycles. The number of nitrogens with zero attached hydrogens (tertiary/aromatic N) is 2. The van der Waals surface area contributed by atoms with E-state index in [0.29, 0.717) is 17.1 Å². The van der Waals surface area contributed by atoms with Crippen molar-refractivity contribution in [3.05, 3.63) is 69.7 Å². The molecule has 0 spiro atoms. The smallest absolute Gasteiger partial charge is 0.325 e. The molecule has 2 aromatic carbocycles. The fraction of sp³-hybridized carbons (Fsp3) is 0.318. The molecular weight excluding hydrogens is 390 g/mol. The standard InChI is InChI=1S/C22H24ClN3O3/c1-14-5-6-16(15(2)11-14)12-25(4)19(27)13-26-20(28)22(3,24-21(26)29)17-7-9-18(23)10-8-17/h5-11H,12-13H2,1-4H3,(H,24,29)/t22-/m1/s1. The molecule has 1 heterocycles. The highest BCUT2D eigenvalue weighted by Crippen LogP contribution is 2.29. The first-order valence-electron chi connectivity index (χ1n) is 9.32. The van der Waals surface area contributed by atoms with E-state index < -0.39 is 17.5 Å². The van der Waals surface area contributed by atoms with Crippen LogP contribution in [0, 0.1) is 13.8 Å². The number of hydrogen-bond donors (Lipinski definition) is 1. The van der Waals surface area contributed by atoms with Crippen LogP contribution in [-0.2, 0) is 21.7 Å². The number of rotatable bonds is 5. The lowest BCUT2D eigenvalue weighted by atomic mass is 9.92. The van der Waals surface area contributed by atoms with Crippen LogP contribution in [0.1, 0.15) is 29.2 Å². The van der Waals surface area contributed by atoms with E-state index in [1.54, 1.807) is 38.2 Å². The summed E-state index contributed by atoms with van der Waals surface area (Å²) < 4.78 is 0. The molecule has 152 valence electrons. The molecule has 0 saturated carbocycles. The number of carbonyl (C=O) groups excluding carboxylic acids is 3. The quantitative estimate of drug-likeness (QED) is 0.764. The summed E-state index contributed by atoms with van der Waals surface area (Å²) in [4.78, 5) is 40.6. The number of aryl methyl sites for hydroxylation is 2. The first-order valence-corrected chi connectivity index (χ1v) is 9.70. The molecule has 0 aliphatic carbocycles. The van der Waals surface area contributed by atoms with Gasteiger partial charge in [0.2, 0.25) is 5.91 Å². The Morgan fingerprint density at radius 2 is 1.79 bits per heavy atom. The maximum atomic E-state index is 13.0. The molecule has 4 amide bonds. The Labute approximate surface area is 175 Å². The van der Waals surface area contributed by atoms with E-state index in [1.165, 1.54) is 4.90 Å². The van der Waals surface area contributed by atoms with Crippen molar-refractivity contribution < 1.29 is 14.4 Å². The molecule has 1 fully saturated rings. The van der Waals surface area contributed by atoms with E-state index in [4.69, 9.17) is 11.6 Å². The molecule has 29 heavy (non-hydrogen) atoms. The number of likely N-dealkylation sites (N-methyl/N-ethyl adjacent to an activating group) is 1. The molecule has 3 rings (SSSR count). The molecule has 7 heteroatoms. The van der Waals surface area contributed by atoms with E-state index in [9.17, 15) is 14.4 Å². The number of halogens is 1. The van der Waals surface area contributed by atoms with Gasteiger partial charge in [0.1, 0.15) is 12.1 Å². The third-order valence-electron chi connectivity index (χ3n) is 5.32. The topological polar surface area (TPSA) is 69.7 Å². The van der Waals surface area contributed by atoms with Gasteiger partial charge in [-0.25, -0.2) is 4.79 Å². The van der Waals surface area contributed by atoms with Crippen molar-refractivity contribution in [1.29, 1.82) is 0 Å². The molecular formula is C22H24ClN3O3. The van der Waals surface area contributed by atoms with Crippen molar-refractivity contribution in [2.75, 3.05) is 13.6 Å². The van der Waals surface area contributed by atoms with Gasteiger partial charge in [0.05, 0.1) is 0 Å².